The molecule has 0 atom stereocenters. The zero-order chi connectivity index (χ0) is 17.8. The van der Waals surface area contributed by atoms with Crippen LogP contribution >= 0.6 is 11.3 Å². The number of pyridine rings is 1. The van der Waals surface area contributed by atoms with Crippen LogP contribution in [-0.4, -0.2) is 25.8 Å². The SMILES string of the molecule is Cc1nc(Nc2ncnc(NNC(=O)c3ccccn3)c2N)sc1C. The van der Waals surface area contributed by atoms with Gasteiger partial charge < -0.3 is 11.1 Å². The predicted molar refractivity (Wildman–Crippen MR) is 96.6 cm³/mol. The van der Waals surface area contributed by atoms with Gasteiger partial charge in [-0.05, 0) is 26.0 Å². The lowest BCUT2D eigenvalue weighted by Crippen LogP contribution is -2.31. The molecule has 10 heteroatoms. The molecule has 0 bridgehead atoms. The maximum Gasteiger partial charge on any atom is 0.288 e. The Morgan fingerprint density at radius 1 is 1.16 bits per heavy atom. The Morgan fingerprint density at radius 2 is 1.96 bits per heavy atom. The van der Waals surface area contributed by atoms with Crippen LogP contribution in [0.1, 0.15) is 21.1 Å². The van der Waals surface area contributed by atoms with Gasteiger partial charge in [0.25, 0.3) is 5.91 Å². The molecule has 0 fully saturated rings. The standard InChI is InChI=1S/C15H16N8OS/c1-8-9(2)25-15(20-8)21-12-11(16)13(19-7-18-12)22-23-14(24)10-5-3-4-6-17-10/h3-7H,16H2,1-2H3,(H,23,24)(H2,18,19,20,21,22). The van der Waals surface area contributed by atoms with Crippen molar-refractivity contribution in [2.45, 2.75) is 13.8 Å². The Morgan fingerprint density at radius 3 is 2.64 bits per heavy atom. The summed E-state index contributed by atoms with van der Waals surface area (Å²) in [6, 6.07) is 5.05. The first-order chi connectivity index (χ1) is 12.0. The van der Waals surface area contributed by atoms with Crippen LogP contribution in [0, 0.1) is 13.8 Å². The molecule has 3 aromatic rings. The van der Waals surface area contributed by atoms with Gasteiger partial charge >= 0.3 is 0 Å². The van der Waals surface area contributed by atoms with Gasteiger partial charge in [-0.2, -0.15) is 0 Å². The molecule has 0 aromatic carbocycles. The number of thiazole rings is 1. The first-order valence-electron chi connectivity index (χ1n) is 7.33. The number of hydrogen-bond acceptors (Lipinski definition) is 9. The summed E-state index contributed by atoms with van der Waals surface area (Å²) < 4.78 is 0. The van der Waals surface area contributed by atoms with Crippen molar-refractivity contribution in [3.63, 3.8) is 0 Å². The van der Waals surface area contributed by atoms with E-state index in [-0.39, 0.29) is 17.2 Å². The minimum absolute atomic E-state index is 0.259. The fourth-order valence-corrected chi connectivity index (χ4v) is 2.71. The molecule has 3 rings (SSSR count). The molecular formula is C15H16N8OS. The van der Waals surface area contributed by atoms with E-state index in [0.29, 0.717) is 10.9 Å². The number of nitrogens with two attached hydrogens (primary N) is 1. The minimum Gasteiger partial charge on any atom is -0.393 e. The van der Waals surface area contributed by atoms with Gasteiger partial charge in [-0.25, -0.2) is 15.0 Å². The monoisotopic (exact) mass is 356 g/mol. The maximum atomic E-state index is 12.0. The molecule has 0 unspecified atom stereocenters. The fraction of sp³-hybridized carbons (Fsp3) is 0.133. The molecule has 0 aliphatic carbocycles. The van der Waals surface area contributed by atoms with Crippen LogP contribution < -0.4 is 21.9 Å². The second-order valence-corrected chi connectivity index (χ2v) is 6.27. The molecule has 3 heterocycles. The van der Waals surface area contributed by atoms with Gasteiger partial charge in [-0.15, -0.1) is 11.3 Å². The Bertz CT molecular complexity index is 876. The number of carbonyl (C=O) groups is 1. The average Bonchev–Trinajstić information content (AvgIpc) is 2.93. The van der Waals surface area contributed by atoms with E-state index < -0.39 is 5.91 Å². The van der Waals surface area contributed by atoms with Crippen molar-refractivity contribution >= 4 is 39.7 Å². The number of nitrogens with zero attached hydrogens (tertiary/aromatic N) is 4. The number of carbonyl (C=O) groups excluding carboxylic acids is 1. The van der Waals surface area contributed by atoms with Gasteiger partial charge in [-0.3, -0.25) is 20.6 Å². The van der Waals surface area contributed by atoms with E-state index in [4.69, 9.17) is 5.73 Å². The molecule has 0 saturated heterocycles. The number of amides is 1. The van der Waals surface area contributed by atoms with Gasteiger partial charge in [0.2, 0.25) is 0 Å². The highest BCUT2D eigenvalue weighted by Crippen LogP contribution is 2.28. The summed E-state index contributed by atoms with van der Waals surface area (Å²) in [4.78, 5) is 29.6. The van der Waals surface area contributed by atoms with Crippen LogP contribution in [0.15, 0.2) is 30.7 Å². The highest BCUT2D eigenvalue weighted by atomic mass is 32.1. The van der Waals surface area contributed by atoms with E-state index in [1.165, 1.54) is 23.9 Å². The summed E-state index contributed by atoms with van der Waals surface area (Å²) in [6.45, 7) is 3.92. The molecule has 3 aromatic heterocycles. The van der Waals surface area contributed by atoms with Crippen LogP contribution in [0.3, 0.4) is 0 Å². The average molecular weight is 356 g/mol. The number of nitrogen functional groups attached to an aromatic ring is 1. The molecular weight excluding hydrogens is 340 g/mol. The Hall–Kier alpha value is -3.27. The summed E-state index contributed by atoms with van der Waals surface area (Å²) in [6.07, 6.45) is 2.87. The Balaban J connectivity index is 1.71. The van der Waals surface area contributed by atoms with Crippen LogP contribution in [0.4, 0.5) is 22.5 Å². The third-order valence-electron chi connectivity index (χ3n) is 3.33. The Kier molecular flexibility index (Phi) is 4.70. The zero-order valence-corrected chi connectivity index (χ0v) is 14.4. The van der Waals surface area contributed by atoms with E-state index in [0.717, 1.165) is 10.6 Å². The van der Waals surface area contributed by atoms with Gasteiger partial charge in [-0.1, -0.05) is 6.07 Å². The van der Waals surface area contributed by atoms with E-state index in [1.807, 2.05) is 13.8 Å². The molecule has 9 nitrogen and oxygen atoms in total. The van der Waals surface area contributed by atoms with Crippen molar-refractivity contribution in [1.82, 2.24) is 25.4 Å². The molecule has 5 N–H and O–H groups in total. The van der Waals surface area contributed by atoms with Crippen LogP contribution in [-0.2, 0) is 0 Å². The van der Waals surface area contributed by atoms with Crippen molar-refractivity contribution in [3.8, 4) is 0 Å². The first-order valence-corrected chi connectivity index (χ1v) is 8.15. The lowest BCUT2D eigenvalue weighted by atomic mass is 10.3. The molecule has 1 amide bonds. The molecule has 128 valence electrons. The van der Waals surface area contributed by atoms with Crippen LogP contribution in [0.2, 0.25) is 0 Å². The van der Waals surface area contributed by atoms with Crippen molar-refractivity contribution < 1.29 is 4.79 Å². The molecule has 0 spiro atoms. The second-order valence-electron chi connectivity index (χ2n) is 5.06. The maximum absolute atomic E-state index is 12.0. The number of aryl methyl sites for hydroxylation is 2. The lowest BCUT2D eigenvalue weighted by molar-refractivity contribution is 0.0957. The number of rotatable bonds is 5. The molecule has 0 radical (unpaired) electrons. The minimum atomic E-state index is -0.403. The smallest absolute Gasteiger partial charge is 0.288 e. The van der Waals surface area contributed by atoms with E-state index in [2.05, 4.69) is 36.1 Å². The van der Waals surface area contributed by atoms with Gasteiger partial charge in [0, 0.05) is 11.1 Å². The summed E-state index contributed by atoms with van der Waals surface area (Å²) in [7, 11) is 0. The van der Waals surface area contributed by atoms with E-state index >= 15 is 0 Å². The number of nitrogens with one attached hydrogen (secondary N) is 3. The van der Waals surface area contributed by atoms with Crippen molar-refractivity contribution in [1.29, 1.82) is 0 Å². The topological polar surface area (TPSA) is 131 Å². The highest BCUT2D eigenvalue weighted by Gasteiger charge is 2.12. The number of hydrogen-bond donors (Lipinski definition) is 4. The largest absolute Gasteiger partial charge is 0.393 e. The van der Waals surface area contributed by atoms with Crippen molar-refractivity contribution in [2.24, 2.45) is 0 Å². The highest BCUT2D eigenvalue weighted by molar-refractivity contribution is 7.15. The van der Waals surface area contributed by atoms with Gasteiger partial charge in [0.05, 0.1) is 5.69 Å². The lowest BCUT2D eigenvalue weighted by Gasteiger charge is -2.11. The third kappa shape index (κ3) is 3.80. The molecule has 25 heavy (non-hydrogen) atoms. The van der Waals surface area contributed by atoms with Crippen LogP contribution in [0.25, 0.3) is 0 Å². The predicted octanol–water partition coefficient (Wildman–Crippen LogP) is 2.03. The zero-order valence-electron chi connectivity index (χ0n) is 13.6. The second kappa shape index (κ2) is 7.09. The molecule has 0 saturated carbocycles. The third-order valence-corrected chi connectivity index (χ3v) is 4.32. The summed E-state index contributed by atoms with van der Waals surface area (Å²) in [5.74, 6) is 0.268. The Labute approximate surface area is 147 Å². The quantitative estimate of drug-likeness (QED) is 0.511. The van der Waals surface area contributed by atoms with Crippen molar-refractivity contribution in [3.05, 3.63) is 47.0 Å². The number of anilines is 4. The fourth-order valence-electron chi connectivity index (χ4n) is 1.90. The first kappa shape index (κ1) is 16.6. The van der Waals surface area contributed by atoms with Crippen molar-refractivity contribution in [2.75, 3.05) is 16.5 Å². The summed E-state index contributed by atoms with van der Waals surface area (Å²) in [5.41, 5.74) is 12.7. The molecule has 0 aliphatic rings. The summed E-state index contributed by atoms with van der Waals surface area (Å²) in [5, 5.41) is 3.74. The van der Waals surface area contributed by atoms with Gasteiger partial charge in [0.1, 0.15) is 17.7 Å². The van der Waals surface area contributed by atoms with E-state index in [1.54, 1.807) is 18.2 Å². The normalized spacial score (nSPS) is 10.3. The number of hydrazine groups is 1. The number of aromatic nitrogens is 4. The molecule has 0 aliphatic heterocycles. The summed E-state index contributed by atoms with van der Waals surface area (Å²) >= 11 is 1.50. The van der Waals surface area contributed by atoms with E-state index in [9.17, 15) is 4.79 Å². The van der Waals surface area contributed by atoms with Gasteiger partial charge in [0.15, 0.2) is 16.8 Å². The van der Waals surface area contributed by atoms with Crippen LogP contribution in [0.5, 0.6) is 0 Å².